The van der Waals surface area contributed by atoms with Crippen molar-refractivity contribution in [1.82, 2.24) is 0 Å². The number of hydrogen-bond acceptors (Lipinski definition) is 2. The summed E-state index contributed by atoms with van der Waals surface area (Å²) in [5, 5.41) is 0. The molecule has 1 aliphatic rings. The third-order valence-corrected chi connectivity index (χ3v) is 3.88. The maximum atomic E-state index is 5.82. The molecule has 0 aromatic heterocycles. The van der Waals surface area contributed by atoms with Crippen molar-refractivity contribution in [3.8, 4) is 11.8 Å². The van der Waals surface area contributed by atoms with Crippen LogP contribution in [0.5, 0.6) is 0 Å². The number of benzene rings is 1. The van der Waals surface area contributed by atoms with Gasteiger partial charge in [-0.05, 0) is 43.4 Å². The number of hydrogen-bond donors (Lipinski definition) is 1. The average Bonchev–Trinajstić information content (AvgIpc) is 2.48. The van der Waals surface area contributed by atoms with E-state index in [1.54, 1.807) is 0 Å². The second-order valence-corrected chi connectivity index (χ2v) is 5.22. The zero-order valence-corrected chi connectivity index (χ0v) is 11.5. The first-order valence-corrected chi connectivity index (χ1v) is 7.22. The maximum absolute atomic E-state index is 5.82. The lowest BCUT2D eigenvalue weighted by Gasteiger charge is -2.30. The van der Waals surface area contributed by atoms with Crippen molar-refractivity contribution in [2.24, 2.45) is 17.6 Å². The Hall–Kier alpha value is -1.30. The Morgan fingerprint density at radius 2 is 1.84 bits per heavy atom. The third kappa shape index (κ3) is 4.70. The summed E-state index contributed by atoms with van der Waals surface area (Å²) in [6, 6.07) is 10.0. The highest BCUT2D eigenvalue weighted by atomic mass is 16.5. The van der Waals surface area contributed by atoms with Crippen LogP contribution in [0.15, 0.2) is 30.3 Å². The zero-order chi connectivity index (χ0) is 13.3. The van der Waals surface area contributed by atoms with Gasteiger partial charge >= 0.3 is 0 Å². The van der Waals surface area contributed by atoms with Gasteiger partial charge in [-0.1, -0.05) is 42.9 Å². The van der Waals surface area contributed by atoms with Gasteiger partial charge in [0.15, 0.2) is 0 Å². The van der Waals surface area contributed by atoms with Gasteiger partial charge in [0, 0.05) is 5.56 Å². The molecule has 2 N–H and O–H groups in total. The van der Waals surface area contributed by atoms with Gasteiger partial charge in [0.1, 0.15) is 6.61 Å². The molecule has 0 aliphatic heterocycles. The summed E-state index contributed by atoms with van der Waals surface area (Å²) in [4.78, 5) is 0. The Bertz CT molecular complexity index is 418. The van der Waals surface area contributed by atoms with E-state index in [1.165, 1.54) is 25.7 Å². The highest BCUT2D eigenvalue weighted by Crippen LogP contribution is 2.29. The Morgan fingerprint density at radius 1 is 1.11 bits per heavy atom. The summed E-state index contributed by atoms with van der Waals surface area (Å²) >= 11 is 0. The molecule has 1 fully saturated rings. The van der Waals surface area contributed by atoms with E-state index >= 15 is 0 Å². The zero-order valence-electron chi connectivity index (χ0n) is 11.5. The SMILES string of the molecule is NCC1CCCCC1COCC#Cc1ccccc1. The van der Waals surface area contributed by atoms with E-state index in [2.05, 4.69) is 11.8 Å². The fourth-order valence-corrected chi connectivity index (χ4v) is 2.74. The van der Waals surface area contributed by atoms with Crippen molar-refractivity contribution in [2.75, 3.05) is 19.8 Å². The van der Waals surface area contributed by atoms with Crippen LogP contribution in [-0.2, 0) is 4.74 Å². The molecule has 1 aromatic carbocycles. The van der Waals surface area contributed by atoms with Crippen LogP contribution in [0.4, 0.5) is 0 Å². The Balaban J connectivity index is 1.70. The summed E-state index contributed by atoms with van der Waals surface area (Å²) in [5.41, 5.74) is 6.86. The second-order valence-electron chi connectivity index (χ2n) is 5.22. The molecule has 2 unspecified atom stereocenters. The standard InChI is InChI=1S/C17H23NO/c18-13-16-10-4-5-11-17(16)14-19-12-6-9-15-7-2-1-3-8-15/h1-3,7-8,16-17H,4-5,10-14,18H2. The predicted molar refractivity (Wildman–Crippen MR) is 78.6 cm³/mol. The van der Waals surface area contributed by atoms with Crippen molar-refractivity contribution >= 4 is 0 Å². The first-order chi connectivity index (χ1) is 9.40. The van der Waals surface area contributed by atoms with E-state index in [0.29, 0.717) is 18.4 Å². The van der Waals surface area contributed by atoms with Crippen LogP contribution in [0.1, 0.15) is 31.2 Å². The lowest BCUT2D eigenvalue weighted by atomic mass is 9.80. The molecule has 0 spiro atoms. The molecule has 0 radical (unpaired) electrons. The molecule has 0 bridgehead atoms. The van der Waals surface area contributed by atoms with Gasteiger partial charge in [0.05, 0.1) is 6.61 Å². The number of nitrogens with two attached hydrogens (primary N) is 1. The van der Waals surface area contributed by atoms with E-state index in [4.69, 9.17) is 10.5 Å². The van der Waals surface area contributed by atoms with Crippen LogP contribution in [-0.4, -0.2) is 19.8 Å². The Morgan fingerprint density at radius 3 is 2.58 bits per heavy atom. The van der Waals surface area contributed by atoms with Gasteiger partial charge in [0.2, 0.25) is 0 Å². The molecule has 0 saturated heterocycles. The van der Waals surface area contributed by atoms with Crippen molar-refractivity contribution in [3.63, 3.8) is 0 Å². The summed E-state index contributed by atoms with van der Waals surface area (Å²) in [7, 11) is 0. The molecular weight excluding hydrogens is 234 g/mol. The first-order valence-electron chi connectivity index (χ1n) is 7.22. The summed E-state index contributed by atoms with van der Waals surface area (Å²) < 4.78 is 5.70. The van der Waals surface area contributed by atoms with E-state index < -0.39 is 0 Å². The normalized spacial score (nSPS) is 22.6. The van der Waals surface area contributed by atoms with Crippen LogP contribution in [0.25, 0.3) is 0 Å². The summed E-state index contributed by atoms with van der Waals surface area (Å²) in [5.74, 6) is 7.46. The molecule has 2 heteroatoms. The van der Waals surface area contributed by atoms with Crippen molar-refractivity contribution in [2.45, 2.75) is 25.7 Å². The molecule has 0 heterocycles. The minimum atomic E-state index is 0.517. The minimum absolute atomic E-state index is 0.517. The van der Waals surface area contributed by atoms with Gasteiger partial charge in [-0.25, -0.2) is 0 Å². The van der Waals surface area contributed by atoms with Crippen LogP contribution < -0.4 is 5.73 Å². The van der Waals surface area contributed by atoms with Gasteiger partial charge in [-0.2, -0.15) is 0 Å². The molecule has 0 amide bonds. The summed E-state index contributed by atoms with van der Waals surface area (Å²) in [6.45, 7) is 2.12. The lowest BCUT2D eigenvalue weighted by Crippen LogP contribution is -2.29. The van der Waals surface area contributed by atoms with E-state index in [1.807, 2.05) is 30.3 Å². The highest BCUT2D eigenvalue weighted by molar-refractivity contribution is 5.33. The monoisotopic (exact) mass is 257 g/mol. The van der Waals surface area contributed by atoms with E-state index in [-0.39, 0.29) is 0 Å². The third-order valence-electron chi connectivity index (χ3n) is 3.88. The van der Waals surface area contributed by atoms with Gasteiger partial charge < -0.3 is 10.5 Å². The molecule has 19 heavy (non-hydrogen) atoms. The molecule has 1 saturated carbocycles. The van der Waals surface area contributed by atoms with Crippen molar-refractivity contribution in [3.05, 3.63) is 35.9 Å². The van der Waals surface area contributed by atoms with E-state index in [9.17, 15) is 0 Å². The van der Waals surface area contributed by atoms with Gasteiger partial charge in [0.25, 0.3) is 0 Å². The fourth-order valence-electron chi connectivity index (χ4n) is 2.74. The van der Waals surface area contributed by atoms with Gasteiger partial charge in [-0.15, -0.1) is 0 Å². The Labute approximate surface area is 116 Å². The minimum Gasteiger partial charge on any atom is -0.368 e. The quantitative estimate of drug-likeness (QED) is 0.665. The Kier molecular flexibility index (Phi) is 5.94. The second kappa shape index (κ2) is 7.99. The van der Waals surface area contributed by atoms with Crippen molar-refractivity contribution in [1.29, 1.82) is 0 Å². The maximum Gasteiger partial charge on any atom is 0.108 e. The fraction of sp³-hybridized carbons (Fsp3) is 0.529. The van der Waals surface area contributed by atoms with Crippen LogP contribution in [0.2, 0.25) is 0 Å². The van der Waals surface area contributed by atoms with E-state index in [0.717, 1.165) is 18.7 Å². The van der Waals surface area contributed by atoms with Gasteiger partial charge in [-0.3, -0.25) is 0 Å². The largest absolute Gasteiger partial charge is 0.368 e. The number of rotatable bonds is 4. The highest BCUT2D eigenvalue weighted by Gasteiger charge is 2.23. The molecule has 2 atom stereocenters. The first kappa shape index (κ1) is 14.1. The molecule has 102 valence electrons. The van der Waals surface area contributed by atoms with Crippen molar-refractivity contribution < 1.29 is 4.74 Å². The summed E-state index contributed by atoms with van der Waals surface area (Å²) in [6.07, 6.45) is 5.17. The molecule has 1 aromatic rings. The molecular formula is C17H23NO. The predicted octanol–water partition coefficient (Wildman–Crippen LogP) is 2.82. The van der Waals surface area contributed by atoms with Crippen LogP contribution >= 0.6 is 0 Å². The molecule has 2 nitrogen and oxygen atoms in total. The number of ether oxygens (including phenoxy) is 1. The molecule has 2 rings (SSSR count). The van der Waals surface area contributed by atoms with Crippen LogP contribution in [0, 0.1) is 23.7 Å². The smallest absolute Gasteiger partial charge is 0.108 e. The topological polar surface area (TPSA) is 35.2 Å². The average molecular weight is 257 g/mol. The lowest BCUT2D eigenvalue weighted by molar-refractivity contribution is 0.0798. The van der Waals surface area contributed by atoms with Crippen LogP contribution in [0.3, 0.4) is 0 Å². The molecule has 1 aliphatic carbocycles.